The van der Waals surface area contributed by atoms with E-state index in [2.05, 4.69) is 4.90 Å². The van der Waals surface area contributed by atoms with Crippen LogP contribution in [-0.4, -0.2) is 27.4 Å². The quantitative estimate of drug-likeness (QED) is 0.388. The Balaban J connectivity index is 1.85. The molecule has 0 radical (unpaired) electrons. The third kappa shape index (κ3) is 3.95. The number of fused-ring (bicyclic) bond motifs is 1. The average molecular weight is 429 g/mol. The first-order valence-corrected chi connectivity index (χ1v) is 9.90. The van der Waals surface area contributed by atoms with Crippen molar-refractivity contribution >= 4 is 40.0 Å². The number of para-hydroxylation sites is 1. The number of rotatable bonds is 5. The van der Waals surface area contributed by atoms with Crippen molar-refractivity contribution in [1.29, 1.82) is 0 Å². The van der Waals surface area contributed by atoms with E-state index in [9.17, 15) is 20.2 Å². The molecular formula is C23H19N5O4. The van der Waals surface area contributed by atoms with Crippen LogP contribution < -0.4 is 4.90 Å². The molecule has 0 bridgehead atoms. The molecule has 9 heteroatoms. The summed E-state index contributed by atoms with van der Waals surface area (Å²) in [7, 11) is 0. The molecule has 0 spiro atoms. The van der Waals surface area contributed by atoms with Gasteiger partial charge in [-0.2, -0.15) is 0 Å². The van der Waals surface area contributed by atoms with Gasteiger partial charge in [0.15, 0.2) is 5.84 Å². The topological polar surface area (TPSA) is 114 Å². The van der Waals surface area contributed by atoms with Crippen molar-refractivity contribution in [3.8, 4) is 0 Å². The summed E-state index contributed by atoms with van der Waals surface area (Å²) in [5.41, 5.74) is 3.56. The van der Waals surface area contributed by atoms with Gasteiger partial charge in [-0.25, -0.2) is 9.98 Å². The van der Waals surface area contributed by atoms with E-state index in [1.54, 1.807) is 24.3 Å². The summed E-state index contributed by atoms with van der Waals surface area (Å²) in [4.78, 5) is 32.6. The van der Waals surface area contributed by atoms with Gasteiger partial charge in [0.1, 0.15) is 5.71 Å². The van der Waals surface area contributed by atoms with Gasteiger partial charge in [-0.05, 0) is 44.2 Å². The summed E-state index contributed by atoms with van der Waals surface area (Å²) in [6.45, 7) is 4.08. The van der Waals surface area contributed by atoms with Crippen molar-refractivity contribution in [2.45, 2.75) is 19.9 Å². The van der Waals surface area contributed by atoms with Crippen molar-refractivity contribution in [2.75, 3.05) is 4.90 Å². The normalized spacial score (nSPS) is 15.4. The van der Waals surface area contributed by atoms with Gasteiger partial charge in [0.25, 0.3) is 11.4 Å². The molecule has 0 fully saturated rings. The molecule has 4 rings (SSSR count). The highest BCUT2D eigenvalue weighted by Crippen LogP contribution is 2.34. The zero-order valence-corrected chi connectivity index (χ0v) is 17.4. The van der Waals surface area contributed by atoms with E-state index in [4.69, 9.17) is 9.98 Å². The molecule has 0 saturated heterocycles. The lowest BCUT2D eigenvalue weighted by molar-refractivity contribution is -0.385. The Labute approximate surface area is 183 Å². The summed E-state index contributed by atoms with van der Waals surface area (Å²) in [5, 5.41) is 21.9. The monoisotopic (exact) mass is 429 g/mol. The van der Waals surface area contributed by atoms with Gasteiger partial charge in [-0.15, -0.1) is 0 Å². The van der Waals surface area contributed by atoms with Crippen LogP contribution in [0.4, 0.5) is 28.4 Å². The predicted octanol–water partition coefficient (Wildman–Crippen LogP) is 5.58. The third-order valence-corrected chi connectivity index (χ3v) is 4.97. The van der Waals surface area contributed by atoms with Crippen LogP contribution in [0.1, 0.15) is 19.4 Å². The van der Waals surface area contributed by atoms with Crippen molar-refractivity contribution < 1.29 is 9.85 Å². The predicted molar refractivity (Wildman–Crippen MR) is 124 cm³/mol. The Hall–Kier alpha value is -4.40. The molecule has 1 aliphatic heterocycles. The maximum Gasteiger partial charge on any atom is 0.269 e. The number of hydrogen-bond acceptors (Lipinski definition) is 6. The third-order valence-electron chi connectivity index (χ3n) is 4.97. The van der Waals surface area contributed by atoms with Crippen LogP contribution in [0.3, 0.4) is 0 Å². The number of nitrogens with zero attached hydrogens (tertiary/aromatic N) is 5. The zero-order valence-electron chi connectivity index (χ0n) is 17.4. The van der Waals surface area contributed by atoms with E-state index < -0.39 is 9.85 Å². The minimum absolute atomic E-state index is 0.00986. The van der Waals surface area contributed by atoms with Crippen LogP contribution in [0.25, 0.3) is 0 Å². The molecule has 3 aromatic rings. The van der Waals surface area contributed by atoms with Gasteiger partial charge >= 0.3 is 0 Å². The first-order chi connectivity index (χ1) is 15.3. The molecule has 0 aliphatic carbocycles. The standard InChI is InChI=1S/C23H19N5O4/c1-15(2)26-21-6-4-3-5-20(21)22(24-16-7-11-18(12-8-16)27(29)30)23(26)25-17-9-13-19(14-10-17)28(31)32/h3-15H,1-2H3. The van der Waals surface area contributed by atoms with Crippen LogP contribution in [0.15, 0.2) is 82.8 Å². The largest absolute Gasteiger partial charge is 0.321 e. The number of nitro benzene ring substituents is 2. The first kappa shape index (κ1) is 20.9. The van der Waals surface area contributed by atoms with Gasteiger partial charge in [0.05, 0.1) is 26.9 Å². The molecule has 0 N–H and O–H groups in total. The van der Waals surface area contributed by atoms with Crippen LogP contribution >= 0.6 is 0 Å². The summed E-state index contributed by atoms with van der Waals surface area (Å²) >= 11 is 0. The van der Waals surface area contributed by atoms with E-state index in [0.29, 0.717) is 22.9 Å². The van der Waals surface area contributed by atoms with Gasteiger partial charge < -0.3 is 4.90 Å². The zero-order chi connectivity index (χ0) is 22.8. The number of benzene rings is 3. The molecule has 0 atom stereocenters. The molecule has 0 unspecified atom stereocenters. The lowest BCUT2D eigenvalue weighted by atomic mass is 10.1. The van der Waals surface area contributed by atoms with Gasteiger partial charge in [0.2, 0.25) is 0 Å². The smallest absolute Gasteiger partial charge is 0.269 e. The fraction of sp³-hybridized carbons (Fsp3) is 0.130. The number of non-ortho nitro benzene ring substituents is 2. The lowest BCUT2D eigenvalue weighted by Gasteiger charge is -2.24. The molecule has 160 valence electrons. The maximum atomic E-state index is 11.0. The van der Waals surface area contributed by atoms with E-state index in [-0.39, 0.29) is 17.4 Å². The highest BCUT2D eigenvalue weighted by Gasteiger charge is 2.33. The number of anilines is 1. The highest BCUT2D eigenvalue weighted by molar-refractivity contribution is 6.57. The lowest BCUT2D eigenvalue weighted by Crippen LogP contribution is -2.36. The average Bonchev–Trinajstić information content (AvgIpc) is 3.07. The van der Waals surface area contributed by atoms with Crippen molar-refractivity contribution in [3.63, 3.8) is 0 Å². The summed E-state index contributed by atoms with van der Waals surface area (Å²) in [5.74, 6) is 0.605. The number of amidine groups is 1. The summed E-state index contributed by atoms with van der Waals surface area (Å²) < 4.78 is 0. The van der Waals surface area contributed by atoms with Crippen molar-refractivity contribution in [2.24, 2.45) is 9.98 Å². The van der Waals surface area contributed by atoms with E-state index in [0.717, 1.165) is 11.3 Å². The van der Waals surface area contributed by atoms with Crippen molar-refractivity contribution in [1.82, 2.24) is 0 Å². The Kier molecular flexibility index (Phi) is 5.46. The number of aliphatic imine (C=N–C) groups is 2. The SMILES string of the molecule is CC(C)N1C(=Nc2ccc([N+](=O)[O-])cc2)C(=Nc2ccc([N+](=O)[O-])cc2)c2ccccc21. The van der Waals surface area contributed by atoms with Crippen LogP contribution in [-0.2, 0) is 0 Å². The minimum Gasteiger partial charge on any atom is -0.321 e. The fourth-order valence-electron chi connectivity index (χ4n) is 3.52. The van der Waals surface area contributed by atoms with Gasteiger partial charge in [-0.3, -0.25) is 20.2 Å². The Morgan fingerprint density at radius 3 is 1.75 bits per heavy atom. The van der Waals surface area contributed by atoms with Crippen LogP contribution in [0.5, 0.6) is 0 Å². The first-order valence-electron chi connectivity index (χ1n) is 9.90. The fourth-order valence-corrected chi connectivity index (χ4v) is 3.52. The molecule has 0 aromatic heterocycles. The molecule has 3 aromatic carbocycles. The van der Waals surface area contributed by atoms with E-state index in [1.807, 2.05) is 38.1 Å². The summed E-state index contributed by atoms with van der Waals surface area (Å²) in [6.07, 6.45) is 0. The number of hydrogen-bond donors (Lipinski definition) is 0. The highest BCUT2D eigenvalue weighted by atomic mass is 16.6. The number of nitro groups is 2. The maximum absolute atomic E-state index is 11.0. The molecule has 1 aliphatic rings. The molecule has 1 heterocycles. The molecular weight excluding hydrogens is 410 g/mol. The van der Waals surface area contributed by atoms with Crippen LogP contribution in [0.2, 0.25) is 0 Å². The van der Waals surface area contributed by atoms with E-state index in [1.165, 1.54) is 24.3 Å². The second-order valence-electron chi connectivity index (χ2n) is 7.42. The Morgan fingerprint density at radius 2 is 1.25 bits per heavy atom. The molecule has 32 heavy (non-hydrogen) atoms. The second-order valence-corrected chi connectivity index (χ2v) is 7.42. The Bertz CT molecular complexity index is 1250. The second kappa shape index (κ2) is 8.38. The summed E-state index contributed by atoms with van der Waals surface area (Å²) in [6, 6.07) is 19.9. The van der Waals surface area contributed by atoms with Crippen LogP contribution in [0, 0.1) is 20.2 Å². The van der Waals surface area contributed by atoms with Gasteiger partial charge in [0, 0.05) is 35.9 Å². The molecule has 0 amide bonds. The molecule has 0 saturated carbocycles. The Morgan fingerprint density at radius 1 is 0.750 bits per heavy atom. The molecule has 9 nitrogen and oxygen atoms in total. The van der Waals surface area contributed by atoms with Gasteiger partial charge in [-0.1, -0.05) is 18.2 Å². The van der Waals surface area contributed by atoms with Crippen molar-refractivity contribution in [3.05, 3.63) is 98.6 Å². The minimum atomic E-state index is -0.455. The van der Waals surface area contributed by atoms with E-state index >= 15 is 0 Å².